The molecule has 2 aliphatic rings. The maximum Gasteiger partial charge on any atom is 0.390 e. The first-order chi connectivity index (χ1) is 7.03. The highest BCUT2D eigenvalue weighted by atomic mass is 35.5. The van der Waals surface area contributed by atoms with Gasteiger partial charge in [0.15, 0.2) is 0 Å². The molecule has 0 amide bonds. The summed E-state index contributed by atoms with van der Waals surface area (Å²) in [6.07, 6.45) is -1.39. The Morgan fingerprint density at radius 2 is 1.81 bits per heavy atom. The molecule has 16 heavy (non-hydrogen) atoms. The fraction of sp³-hybridized carbons (Fsp3) is 1.00. The van der Waals surface area contributed by atoms with Crippen LogP contribution < -0.4 is 5.32 Å². The molecule has 2 heterocycles. The predicted molar refractivity (Wildman–Crippen MR) is 58.9 cm³/mol. The fourth-order valence-corrected chi connectivity index (χ4v) is 2.50. The van der Waals surface area contributed by atoms with Crippen molar-refractivity contribution in [2.75, 3.05) is 19.6 Å². The van der Waals surface area contributed by atoms with Crippen LogP contribution in [0.1, 0.15) is 25.7 Å². The predicted octanol–water partition coefficient (Wildman–Crippen LogP) is 2.19. The van der Waals surface area contributed by atoms with Crippen molar-refractivity contribution in [1.29, 1.82) is 0 Å². The molecule has 0 aliphatic carbocycles. The van der Waals surface area contributed by atoms with Gasteiger partial charge in [0.05, 0.1) is 6.42 Å². The summed E-state index contributed by atoms with van der Waals surface area (Å²) in [4.78, 5) is 1.95. The molecule has 0 spiro atoms. The van der Waals surface area contributed by atoms with Crippen LogP contribution in [0, 0.1) is 0 Å². The van der Waals surface area contributed by atoms with Crippen LogP contribution in [-0.4, -0.2) is 42.8 Å². The van der Waals surface area contributed by atoms with E-state index in [1.807, 2.05) is 4.90 Å². The van der Waals surface area contributed by atoms with Gasteiger partial charge in [0, 0.05) is 25.2 Å². The molecule has 96 valence electrons. The highest BCUT2D eigenvalue weighted by Crippen LogP contribution is 2.23. The van der Waals surface area contributed by atoms with Gasteiger partial charge in [0.2, 0.25) is 0 Å². The van der Waals surface area contributed by atoms with E-state index >= 15 is 0 Å². The number of rotatable bonds is 2. The van der Waals surface area contributed by atoms with Crippen molar-refractivity contribution >= 4 is 12.4 Å². The zero-order valence-corrected chi connectivity index (χ0v) is 9.91. The second-order valence-electron chi connectivity index (χ2n) is 4.59. The van der Waals surface area contributed by atoms with Crippen molar-refractivity contribution in [2.24, 2.45) is 0 Å². The van der Waals surface area contributed by atoms with Crippen molar-refractivity contribution < 1.29 is 13.2 Å². The summed E-state index contributed by atoms with van der Waals surface area (Å²) in [6, 6.07) is 0.969. The Bertz CT molecular complexity index is 223. The summed E-state index contributed by atoms with van der Waals surface area (Å²) in [5, 5.41) is 3.46. The lowest BCUT2D eigenvalue weighted by Gasteiger charge is -2.24. The molecule has 0 aromatic heterocycles. The molecule has 1 N–H and O–H groups in total. The van der Waals surface area contributed by atoms with Gasteiger partial charge in [-0.05, 0) is 25.8 Å². The van der Waals surface area contributed by atoms with Gasteiger partial charge < -0.3 is 10.2 Å². The molecule has 2 rings (SSSR count). The van der Waals surface area contributed by atoms with Crippen LogP contribution in [-0.2, 0) is 0 Å². The summed E-state index contributed by atoms with van der Waals surface area (Å²) < 4.78 is 36.2. The van der Waals surface area contributed by atoms with Crippen LogP contribution in [0.4, 0.5) is 13.2 Å². The second-order valence-corrected chi connectivity index (χ2v) is 4.59. The van der Waals surface area contributed by atoms with Gasteiger partial charge in [0.1, 0.15) is 0 Å². The molecule has 2 fully saturated rings. The standard InChI is InChI=1S/C10H17F3N2.ClH/c11-10(12,13)4-6-15-5-3-8-1-2-9(7-15)14-8;/h8-9,14H,1-7H2;1H. The third kappa shape index (κ3) is 4.11. The SMILES string of the molecule is Cl.FC(F)(F)CCN1CCC2CCC(C1)N2. The average Bonchev–Trinajstić information content (AvgIpc) is 2.43. The number of likely N-dealkylation sites (tertiary alicyclic amines) is 1. The van der Waals surface area contributed by atoms with Crippen molar-refractivity contribution in [2.45, 2.75) is 43.9 Å². The van der Waals surface area contributed by atoms with E-state index in [0.29, 0.717) is 12.1 Å². The highest BCUT2D eigenvalue weighted by molar-refractivity contribution is 5.85. The Balaban J connectivity index is 0.00000128. The van der Waals surface area contributed by atoms with E-state index in [4.69, 9.17) is 0 Å². The molecule has 0 radical (unpaired) electrons. The molecule has 2 atom stereocenters. The molecule has 6 heteroatoms. The minimum absolute atomic E-state index is 0. The van der Waals surface area contributed by atoms with Gasteiger partial charge >= 0.3 is 6.18 Å². The van der Waals surface area contributed by atoms with Crippen molar-refractivity contribution in [3.8, 4) is 0 Å². The Kier molecular flexibility index (Phi) is 4.88. The van der Waals surface area contributed by atoms with E-state index in [-0.39, 0.29) is 19.0 Å². The molecular formula is C10H18ClF3N2. The molecule has 0 aromatic rings. The fourth-order valence-electron chi connectivity index (χ4n) is 2.50. The van der Waals surface area contributed by atoms with Crippen LogP contribution in [0.2, 0.25) is 0 Å². The zero-order chi connectivity index (χ0) is 10.9. The Morgan fingerprint density at radius 1 is 1.12 bits per heavy atom. The van der Waals surface area contributed by atoms with E-state index in [1.54, 1.807) is 0 Å². The van der Waals surface area contributed by atoms with Gasteiger partial charge in [-0.15, -0.1) is 12.4 Å². The van der Waals surface area contributed by atoms with E-state index in [9.17, 15) is 13.2 Å². The molecule has 0 saturated carbocycles. The largest absolute Gasteiger partial charge is 0.390 e. The number of halogens is 4. The number of fused-ring (bicyclic) bond motifs is 2. The third-order valence-electron chi connectivity index (χ3n) is 3.32. The average molecular weight is 259 g/mol. The minimum Gasteiger partial charge on any atom is -0.310 e. The van der Waals surface area contributed by atoms with Gasteiger partial charge in [-0.2, -0.15) is 13.2 Å². The second kappa shape index (κ2) is 5.56. The van der Waals surface area contributed by atoms with Crippen LogP contribution in [0.3, 0.4) is 0 Å². The van der Waals surface area contributed by atoms with Gasteiger partial charge in [-0.25, -0.2) is 0 Å². The number of alkyl halides is 3. The van der Waals surface area contributed by atoms with Crippen molar-refractivity contribution in [3.05, 3.63) is 0 Å². The van der Waals surface area contributed by atoms with Crippen LogP contribution >= 0.6 is 12.4 Å². The van der Waals surface area contributed by atoms with E-state index < -0.39 is 12.6 Å². The smallest absolute Gasteiger partial charge is 0.310 e. The molecular weight excluding hydrogens is 241 g/mol. The van der Waals surface area contributed by atoms with Crippen molar-refractivity contribution in [1.82, 2.24) is 10.2 Å². The number of nitrogens with one attached hydrogen (secondary N) is 1. The maximum absolute atomic E-state index is 12.1. The molecule has 2 bridgehead atoms. The molecule has 2 aliphatic heterocycles. The molecule has 2 nitrogen and oxygen atoms in total. The van der Waals surface area contributed by atoms with Gasteiger partial charge in [0.25, 0.3) is 0 Å². The molecule has 0 aromatic carbocycles. The van der Waals surface area contributed by atoms with Crippen LogP contribution in [0.5, 0.6) is 0 Å². The quantitative estimate of drug-likeness (QED) is 0.817. The minimum atomic E-state index is -4.02. The first-order valence-corrected chi connectivity index (χ1v) is 5.58. The number of nitrogens with zero attached hydrogens (tertiary/aromatic N) is 1. The monoisotopic (exact) mass is 258 g/mol. The summed E-state index contributed by atoms with van der Waals surface area (Å²) in [7, 11) is 0. The third-order valence-corrected chi connectivity index (χ3v) is 3.32. The Hall–Kier alpha value is -0.0000000000000000416. The van der Waals surface area contributed by atoms with Crippen LogP contribution in [0.25, 0.3) is 0 Å². The van der Waals surface area contributed by atoms with Crippen LogP contribution in [0.15, 0.2) is 0 Å². The Morgan fingerprint density at radius 3 is 2.50 bits per heavy atom. The summed E-state index contributed by atoms with van der Waals surface area (Å²) in [5.41, 5.74) is 0. The zero-order valence-electron chi connectivity index (χ0n) is 9.09. The maximum atomic E-state index is 12.1. The normalized spacial score (nSPS) is 30.9. The summed E-state index contributed by atoms with van der Waals surface area (Å²) in [5.74, 6) is 0. The number of hydrogen-bond donors (Lipinski definition) is 1. The summed E-state index contributed by atoms with van der Waals surface area (Å²) in [6.45, 7) is 1.76. The lowest BCUT2D eigenvalue weighted by molar-refractivity contribution is -0.138. The molecule has 2 saturated heterocycles. The molecule has 2 unspecified atom stereocenters. The van der Waals surface area contributed by atoms with E-state index in [0.717, 1.165) is 25.9 Å². The first kappa shape index (κ1) is 14.1. The van der Waals surface area contributed by atoms with E-state index in [2.05, 4.69) is 5.32 Å². The lowest BCUT2D eigenvalue weighted by atomic mass is 10.1. The van der Waals surface area contributed by atoms with Crippen molar-refractivity contribution in [3.63, 3.8) is 0 Å². The van der Waals surface area contributed by atoms with Gasteiger partial charge in [-0.1, -0.05) is 0 Å². The van der Waals surface area contributed by atoms with E-state index in [1.165, 1.54) is 6.42 Å². The number of hydrogen-bond acceptors (Lipinski definition) is 2. The lowest BCUT2D eigenvalue weighted by Crippen LogP contribution is -2.36. The topological polar surface area (TPSA) is 15.3 Å². The first-order valence-electron chi connectivity index (χ1n) is 5.58. The summed E-state index contributed by atoms with van der Waals surface area (Å²) >= 11 is 0. The van der Waals surface area contributed by atoms with Gasteiger partial charge in [-0.3, -0.25) is 0 Å². The Labute approximate surface area is 100.0 Å². The highest BCUT2D eigenvalue weighted by Gasteiger charge is 2.32.